The van der Waals surface area contributed by atoms with Gasteiger partial charge in [-0.1, -0.05) is 36.4 Å². The van der Waals surface area contributed by atoms with Gasteiger partial charge in [0.1, 0.15) is 5.82 Å². The van der Waals surface area contributed by atoms with Crippen LogP contribution in [0.1, 0.15) is 17.5 Å². The summed E-state index contributed by atoms with van der Waals surface area (Å²) in [4.78, 5) is 29.0. The standard InChI is InChI=1S/C21H22FN3O2.ClH/c22-17-7-3-1-6-16(17)14-24-12-10-23-18(21(24)27)13-20(26)25-11-9-15-5-2-4-8-19(15)25;/h1-8,18,23H,9-14H2;1H. The first-order chi connectivity index (χ1) is 13.1. The fourth-order valence-corrected chi connectivity index (χ4v) is 3.82. The van der Waals surface area contributed by atoms with Crippen molar-refractivity contribution in [3.05, 3.63) is 65.5 Å². The first kappa shape index (κ1) is 20.3. The molecule has 28 heavy (non-hydrogen) atoms. The second-order valence-electron chi connectivity index (χ2n) is 6.99. The summed E-state index contributed by atoms with van der Waals surface area (Å²) in [6.07, 6.45) is 0.953. The number of amides is 2. The Balaban J connectivity index is 0.00000225. The van der Waals surface area contributed by atoms with E-state index >= 15 is 0 Å². The van der Waals surface area contributed by atoms with Crippen LogP contribution in [-0.4, -0.2) is 42.4 Å². The molecule has 0 aliphatic carbocycles. The zero-order valence-corrected chi connectivity index (χ0v) is 16.3. The first-order valence-corrected chi connectivity index (χ1v) is 9.27. The molecule has 148 valence electrons. The quantitative estimate of drug-likeness (QED) is 0.853. The lowest BCUT2D eigenvalue weighted by Gasteiger charge is -2.33. The van der Waals surface area contributed by atoms with Gasteiger partial charge in [-0.15, -0.1) is 12.4 Å². The summed E-state index contributed by atoms with van der Waals surface area (Å²) in [5.74, 6) is -0.519. The zero-order chi connectivity index (χ0) is 18.8. The number of piperazine rings is 1. The maximum absolute atomic E-state index is 13.9. The van der Waals surface area contributed by atoms with Gasteiger partial charge in [-0.25, -0.2) is 4.39 Å². The summed E-state index contributed by atoms with van der Waals surface area (Å²) in [5.41, 5.74) is 2.59. The van der Waals surface area contributed by atoms with E-state index in [2.05, 4.69) is 5.32 Å². The molecule has 0 saturated carbocycles. The molecule has 1 atom stereocenters. The molecule has 2 aromatic rings. The van der Waals surface area contributed by atoms with Crippen molar-refractivity contribution in [3.63, 3.8) is 0 Å². The molecule has 5 nitrogen and oxygen atoms in total. The smallest absolute Gasteiger partial charge is 0.240 e. The highest BCUT2D eigenvalue weighted by Gasteiger charge is 2.33. The van der Waals surface area contributed by atoms with Gasteiger partial charge in [-0.3, -0.25) is 9.59 Å². The molecule has 1 N–H and O–H groups in total. The van der Waals surface area contributed by atoms with Crippen LogP contribution in [0.2, 0.25) is 0 Å². The molecule has 0 radical (unpaired) electrons. The fraction of sp³-hybridized carbons (Fsp3) is 0.333. The van der Waals surface area contributed by atoms with E-state index in [0.717, 1.165) is 17.7 Å². The number of hydrogen-bond acceptors (Lipinski definition) is 3. The second kappa shape index (κ2) is 8.71. The summed E-state index contributed by atoms with van der Waals surface area (Å²) >= 11 is 0. The van der Waals surface area contributed by atoms with Crippen LogP contribution in [0, 0.1) is 5.82 Å². The predicted molar refractivity (Wildman–Crippen MR) is 108 cm³/mol. The molecule has 4 rings (SSSR count). The largest absolute Gasteiger partial charge is 0.336 e. The molecule has 2 aliphatic heterocycles. The summed E-state index contributed by atoms with van der Waals surface area (Å²) in [7, 11) is 0. The molecule has 2 heterocycles. The molecular formula is C21H23ClFN3O2. The molecule has 0 aromatic heterocycles. The van der Waals surface area contributed by atoms with Crippen LogP contribution >= 0.6 is 12.4 Å². The lowest BCUT2D eigenvalue weighted by molar-refractivity contribution is -0.138. The van der Waals surface area contributed by atoms with Gasteiger partial charge in [0.2, 0.25) is 11.8 Å². The lowest BCUT2D eigenvalue weighted by atomic mass is 10.1. The molecule has 1 unspecified atom stereocenters. The van der Waals surface area contributed by atoms with Crippen molar-refractivity contribution in [2.45, 2.75) is 25.4 Å². The van der Waals surface area contributed by atoms with Crippen LogP contribution in [0.15, 0.2) is 48.5 Å². The highest BCUT2D eigenvalue weighted by Crippen LogP contribution is 2.28. The molecule has 2 aromatic carbocycles. The zero-order valence-electron chi connectivity index (χ0n) is 15.4. The number of benzene rings is 2. The normalized spacial score (nSPS) is 18.6. The third-order valence-corrected chi connectivity index (χ3v) is 5.27. The minimum absolute atomic E-state index is 0. The van der Waals surface area contributed by atoms with E-state index in [4.69, 9.17) is 0 Å². The van der Waals surface area contributed by atoms with Gasteiger partial charge in [0, 0.05) is 37.4 Å². The van der Waals surface area contributed by atoms with Crippen LogP contribution in [0.25, 0.3) is 0 Å². The van der Waals surface area contributed by atoms with Crippen molar-refractivity contribution in [1.82, 2.24) is 10.2 Å². The van der Waals surface area contributed by atoms with Crippen molar-refractivity contribution in [2.24, 2.45) is 0 Å². The van der Waals surface area contributed by atoms with Gasteiger partial charge in [-0.05, 0) is 24.1 Å². The molecule has 2 aliphatic rings. The molecular weight excluding hydrogens is 381 g/mol. The molecule has 0 spiro atoms. The average Bonchev–Trinajstić information content (AvgIpc) is 3.11. The van der Waals surface area contributed by atoms with E-state index in [-0.39, 0.29) is 43.0 Å². The van der Waals surface area contributed by atoms with Gasteiger partial charge < -0.3 is 15.1 Å². The Bertz CT molecular complexity index is 876. The summed E-state index contributed by atoms with van der Waals surface area (Å²) in [6.45, 7) is 1.97. The number of nitrogens with one attached hydrogen (secondary N) is 1. The van der Waals surface area contributed by atoms with Crippen LogP contribution in [0.4, 0.5) is 10.1 Å². The number of halogens is 2. The predicted octanol–water partition coefficient (Wildman–Crippen LogP) is 2.53. The summed E-state index contributed by atoms with van der Waals surface area (Å²) in [5, 5.41) is 3.15. The van der Waals surface area contributed by atoms with E-state index in [0.29, 0.717) is 25.2 Å². The Morgan fingerprint density at radius 3 is 2.68 bits per heavy atom. The number of carbonyl (C=O) groups is 2. The Hall–Kier alpha value is -2.44. The van der Waals surface area contributed by atoms with Gasteiger partial charge >= 0.3 is 0 Å². The average molecular weight is 404 g/mol. The van der Waals surface area contributed by atoms with Crippen molar-refractivity contribution in [2.75, 3.05) is 24.5 Å². The molecule has 1 saturated heterocycles. The number of fused-ring (bicyclic) bond motifs is 1. The molecule has 2 amide bonds. The van der Waals surface area contributed by atoms with Gasteiger partial charge in [0.25, 0.3) is 0 Å². The summed E-state index contributed by atoms with van der Waals surface area (Å²) < 4.78 is 13.9. The maximum Gasteiger partial charge on any atom is 0.240 e. The van der Waals surface area contributed by atoms with Crippen LogP contribution < -0.4 is 10.2 Å². The van der Waals surface area contributed by atoms with Crippen molar-refractivity contribution in [1.29, 1.82) is 0 Å². The molecule has 1 fully saturated rings. The minimum atomic E-state index is -0.564. The molecule has 7 heteroatoms. The minimum Gasteiger partial charge on any atom is -0.336 e. The fourth-order valence-electron chi connectivity index (χ4n) is 3.82. The van der Waals surface area contributed by atoms with Crippen LogP contribution in [0.3, 0.4) is 0 Å². The Morgan fingerprint density at radius 2 is 1.86 bits per heavy atom. The van der Waals surface area contributed by atoms with Gasteiger partial charge in [0.15, 0.2) is 0 Å². The number of nitrogens with zero attached hydrogens (tertiary/aromatic N) is 2. The van der Waals surface area contributed by atoms with Crippen molar-refractivity contribution >= 4 is 29.9 Å². The third kappa shape index (κ3) is 4.03. The lowest BCUT2D eigenvalue weighted by Crippen LogP contribution is -2.56. The summed E-state index contributed by atoms with van der Waals surface area (Å²) in [6, 6.07) is 13.8. The number of hydrogen-bond donors (Lipinski definition) is 1. The first-order valence-electron chi connectivity index (χ1n) is 9.27. The number of carbonyl (C=O) groups excluding carboxylic acids is 2. The van der Waals surface area contributed by atoms with E-state index in [1.165, 1.54) is 6.07 Å². The van der Waals surface area contributed by atoms with Gasteiger partial charge in [-0.2, -0.15) is 0 Å². The second-order valence-corrected chi connectivity index (χ2v) is 6.99. The Labute approximate surface area is 169 Å². The van der Waals surface area contributed by atoms with Crippen LogP contribution in [0.5, 0.6) is 0 Å². The van der Waals surface area contributed by atoms with E-state index in [9.17, 15) is 14.0 Å². The highest BCUT2D eigenvalue weighted by atomic mass is 35.5. The van der Waals surface area contributed by atoms with Crippen molar-refractivity contribution < 1.29 is 14.0 Å². The maximum atomic E-state index is 13.9. The van der Waals surface area contributed by atoms with E-state index in [1.54, 1.807) is 28.0 Å². The van der Waals surface area contributed by atoms with Gasteiger partial charge in [0.05, 0.1) is 12.5 Å². The van der Waals surface area contributed by atoms with Crippen molar-refractivity contribution in [3.8, 4) is 0 Å². The highest BCUT2D eigenvalue weighted by molar-refractivity contribution is 5.98. The van der Waals surface area contributed by atoms with E-state index in [1.807, 2.05) is 24.3 Å². The monoisotopic (exact) mass is 403 g/mol. The number of para-hydroxylation sites is 1. The Kier molecular flexibility index (Phi) is 6.31. The number of rotatable bonds is 4. The SMILES string of the molecule is Cl.O=C1C(CC(=O)N2CCc3ccccc32)NCCN1Cc1ccccc1F. The Morgan fingerprint density at radius 1 is 1.11 bits per heavy atom. The van der Waals surface area contributed by atoms with E-state index < -0.39 is 6.04 Å². The third-order valence-electron chi connectivity index (χ3n) is 5.27. The topological polar surface area (TPSA) is 52.7 Å². The van der Waals surface area contributed by atoms with Crippen LogP contribution in [-0.2, 0) is 22.6 Å². The molecule has 0 bridgehead atoms. The number of anilines is 1.